The number of thiazole rings is 1. The zero-order valence-corrected chi connectivity index (χ0v) is 15.0. The fourth-order valence-corrected chi connectivity index (χ4v) is 3.85. The van der Waals surface area contributed by atoms with Crippen molar-refractivity contribution < 1.29 is 4.79 Å². The van der Waals surface area contributed by atoms with Gasteiger partial charge in [0.25, 0.3) is 0 Å². The van der Waals surface area contributed by atoms with Crippen molar-refractivity contribution in [2.24, 2.45) is 0 Å². The summed E-state index contributed by atoms with van der Waals surface area (Å²) in [6.07, 6.45) is 4.11. The lowest BCUT2D eigenvalue weighted by atomic mass is 10.0. The Labute approximate surface area is 147 Å². The lowest BCUT2D eigenvalue weighted by molar-refractivity contribution is -0.114. The summed E-state index contributed by atoms with van der Waals surface area (Å²) in [5.74, 6) is -0.0395. The van der Waals surface area contributed by atoms with E-state index in [-0.39, 0.29) is 11.9 Å². The van der Waals surface area contributed by atoms with Crippen molar-refractivity contribution in [3.05, 3.63) is 41.4 Å². The number of piperidine rings is 1. The van der Waals surface area contributed by atoms with Gasteiger partial charge in [-0.3, -0.25) is 4.79 Å². The highest BCUT2D eigenvalue weighted by molar-refractivity contribution is 7.13. The molecule has 0 saturated carbocycles. The van der Waals surface area contributed by atoms with Crippen LogP contribution in [0.3, 0.4) is 0 Å². The van der Waals surface area contributed by atoms with Crippen LogP contribution >= 0.6 is 11.3 Å². The SMILES string of the molecule is CC(=O)Nc1cccc([C@H](C)NC2CCN(c3nccs3)CC2)c1. The molecule has 1 aromatic carbocycles. The largest absolute Gasteiger partial charge is 0.348 e. The minimum absolute atomic E-state index is 0.0395. The highest BCUT2D eigenvalue weighted by Gasteiger charge is 2.22. The molecule has 1 aliphatic rings. The number of carbonyl (C=O) groups excluding carboxylic acids is 1. The minimum Gasteiger partial charge on any atom is -0.348 e. The monoisotopic (exact) mass is 344 g/mol. The average molecular weight is 344 g/mol. The van der Waals surface area contributed by atoms with E-state index in [1.54, 1.807) is 11.3 Å². The number of hydrogen-bond donors (Lipinski definition) is 2. The molecule has 1 saturated heterocycles. The van der Waals surface area contributed by atoms with Crippen LogP contribution in [0, 0.1) is 0 Å². The van der Waals surface area contributed by atoms with Crippen molar-refractivity contribution in [1.82, 2.24) is 10.3 Å². The Balaban J connectivity index is 1.54. The second-order valence-corrected chi connectivity index (χ2v) is 7.14. The maximum Gasteiger partial charge on any atom is 0.221 e. The molecule has 2 aromatic rings. The third-order valence-corrected chi connectivity index (χ3v) is 5.21. The third kappa shape index (κ3) is 4.33. The Morgan fingerprint density at radius 2 is 2.17 bits per heavy atom. The van der Waals surface area contributed by atoms with Gasteiger partial charge in [0, 0.05) is 49.4 Å². The molecular formula is C18H24N4OS. The van der Waals surface area contributed by atoms with E-state index in [1.807, 2.05) is 29.8 Å². The molecule has 128 valence electrons. The van der Waals surface area contributed by atoms with Crippen molar-refractivity contribution in [2.45, 2.75) is 38.8 Å². The number of amides is 1. The predicted octanol–water partition coefficient (Wildman–Crippen LogP) is 3.42. The summed E-state index contributed by atoms with van der Waals surface area (Å²) in [5, 5.41) is 9.73. The molecule has 1 aliphatic heterocycles. The van der Waals surface area contributed by atoms with E-state index in [0.29, 0.717) is 6.04 Å². The summed E-state index contributed by atoms with van der Waals surface area (Å²) in [6.45, 7) is 5.80. The average Bonchev–Trinajstić information content (AvgIpc) is 3.09. The molecule has 24 heavy (non-hydrogen) atoms. The molecule has 3 rings (SSSR count). The Hall–Kier alpha value is -1.92. The predicted molar refractivity (Wildman–Crippen MR) is 99.6 cm³/mol. The van der Waals surface area contributed by atoms with Gasteiger partial charge in [-0.25, -0.2) is 4.98 Å². The number of aromatic nitrogens is 1. The Kier molecular flexibility index (Phi) is 5.48. The fourth-order valence-electron chi connectivity index (χ4n) is 3.15. The third-order valence-electron chi connectivity index (χ3n) is 4.38. The summed E-state index contributed by atoms with van der Waals surface area (Å²) in [4.78, 5) is 18.0. The van der Waals surface area contributed by atoms with E-state index in [0.717, 1.165) is 36.8 Å². The van der Waals surface area contributed by atoms with Crippen LogP contribution < -0.4 is 15.5 Å². The number of benzene rings is 1. The first-order valence-corrected chi connectivity index (χ1v) is 9.28. The first kappa shape index (κ1) is 16.9. The maximum absolute atomic E-state index is 11.2. The molecule has 6 heteroatoms. The van der Waals surface area contributed by atoms with Gasteiger partial charge in [0.15, 0.2) is 5.13 Å². The van der Waals surface area contributed by atoms with E-state index < -0.39 is 0 Å². The van der Waals surface area contributed by atoms with Crippen LogP contribution in [0.2, 0.25) is 0 Å². The minimum atomic E-state index is -0.0395. The molecule has 2 heterocycles. The molecule has 0 unspecified atom stereocenters. The van der Waals surface area contributed by atoms with E-state index in [4.69, 9.17) is 0 Å². The lowest BCUT2D eigenvalue weighted by Crippen LogP contribution is -2.43. The normalized spacial score (nSPS) is 16.8. The molecule has 1 amide bonds. The Morgan fingerprint density at radius 3 is 2.83 bits per heavy atom. The van der Waals surface area contributed by atoms with Crippen LogP contribution in [0.25, 0.3) is 0 Å². The smallest absolute Gasteiger partial charge is 0.221 e. The molecule has 0 aliphatic carbocycles. The molecule has 1 fully saturated rings. The quantitative estimate of drug-likeness (QED) is 0.872. The van der Waals surface area contributed by atoms with E-state index in [1.165, 1.54) is 12.5 Å². The van der Waals surface area contributed by atoms with E-state index in [9.17, 15) is 4.79 Å². The Bertz CT molecular complexity index is 665. The van der Waals surface area contributed by atoms with Gasteiger partial charge in [0.1, 0.15) is 0 Å². The highest BCUT2D eigenvalue weighted by Crippen LogP contribution is 2.24. The van der Waals surface area contributed by atoms with Gasteiger partial charge in [-0.2, -0.15) is 0 Å². The number of anilines is 2. The first-order chi connectivity index (χ1) is 11.6. The summed E-state index contributed by atoms with van der Waals surface area (Å²) >= 11 is 1.71. The van der Waals surface area contributed by atoms with Gasteiger partial charge in [-0.05, 0) is 37.5 Å². The number of carbonyl (C=O) groups is 1. The summed E-state index contributed by atoms with van der Waals surface area (Å²) < 4.78 is 0. The van der Waals surface area contributed by atoms with Crippen LogP contribution in [0.5, 0.6) is 0 Å². The van der Waals surface area contributed by atoms with Crippen LogP contribution in [0.15, 0.2) is 35.8 Å². The van der Waals surface area contributed by atoms with Crippen molar-refractivity contribution in [3.8, 4) is 0 Å². The standard InChI is InChI=1S/C18H24N4OS/c1-13(15-4-3-5-17(12-15)21-14(2)23)20-16-6-9-22(10-7-16)18-19-8-11-24-18/h3-5,8,11-13,16,20H,6-7,9-10H2,1-2H3,(H,21,23)/t13-/m0/s1. The van der Waals surface area contributed by atoms with Gasteiger partial charge < -0.3 is 15.5 Å². The topological polar surface area (TPSA) is 57.3 Å². The highest BCUT2D eigenvalue weighted by atomic mass is 32.1. The summed E-state index contributed by atoms with van der Waals surface area (Å²) in [7, 11) is 0. The van der Waals surface area contributed by atoms with Gasteiger partial charge in [0.05, 0.1) is 0 Å². The number of nitrogens with zero attached hydrogens (tertiary/aromatic N) is 2. The van der Waals surface area contributed by atoms with E-state index in [2.05, 4.69) is 33.5 Å². The van der Waals surface area contributed by atoms with Crippen LogP contribution in [0.4, 0.5) is 10.8 Å². The van der Waals surface area contributed by atoms with Crippen molar-refractivity contribution >= 4 is 28.1 Å². The molecule has 1 aromatic heterocycles. The zero-order valence-electron chi connectivity index (χ0n) is 14.2. The molecule has 5 nitrogen and oxygen atoms in total. The molecule has 0 bridgehead atoms. The molecule has 0 spiro atoms. The zero-order chi connectivity index (χ0) is 16.9. The molecule has 0 radical (unpaired) electrons. The summed E-state index contributed by atoms with van der Waals surface area (Å²) in [5.41, 5.74) is 2.05. The lowest BCUT2D eigenvalue weighted by Gasteiger charge is -2.34. The second kappa shape index (κ2) is 7.77. The molecule has 1 atom stereocenters. The number of rotatable bonds is 5. The second-order valence-electron chi connectivity index (χ2n) is 6.27. The van der Waals surface area contributed by atoms with Crippen molar-refractivity contribution in [3.63, 3.8) is 0 Å². The van der Waals surface area contributed by atoms with Gasteiger partial charge in [-0.1, -0.05) is 12.1 Å². The van der Waals surface area contributed by atoms with Crippen LogP contribution in [-0.4, -0.2) is 30.0 Å². The fraction of sp³-hybridized carbons (Fsp3) is 0.444. The van der Waals surface area contributed by atoms with Crippen LogP contribution in [0.1, 0.15) is 38.3 Å². The van der Waals surface area contributed by atoms with Crippen molar-refractivity contribution in [2.75, 3.05) is 23.3 Å². The number of nitrogens with one attached hydrogen (secondary N) is 2. The van der Waals surface area contributed by atoms with Crippen molar-refractivity contribution in [1.29, 1.82) is 0 Å². The number of hydrogen-bond acceptors (Lipinski definition) is 5. The first-order valence-electron chi connectivity index (χ1n) is 8.40. The van der Waals surface area contributed by atoms with Crippen LogP contribution in [-0.2, 0) is 4.79 Å². The summed E-state index contributed by atoms with van der Waals surface area (Å²) in [6, 6.07) is 8.83. The van der Waals surface area contributed by atoms with Gasteiger partial charge in [0.2, 0.25) is 5.91 Å². The van der Waals surface area contributed by atoms with E-state index >= 15 is 0 Å². The molecular weight excluding hydrogens is 320 g/mol. The van der Waals surface area contributed by atoms with Gasteiger partial charge in [-0.15, -0.1) is 11.3 Å². The molecule has 2 N–H and O–H groups in total. The maximum atomic E-state index is 11.2. The Morgan fingerprint density at radius 1 is 1.38 bits per heavy atom. The van der Waals surface area contributed by atoms with Gasteiger partial charge >= 0.3 is 0 Å².